The lowest BCUT2D eigenvalue weighted by Gasteiger charge is -2.15. The van der Waals surface area contributed by atoms with Crippen LogP contribution in [0.4, 0.5) is 4.39 Å². The van der Waals surface area contributed by atoms with Gasteiger partial charge in [0.2, 0.25) is 5.91 Å². The molecular formula is C23H25FN2O2. The summed E-state index contributed by atoms with van der Waals surface area (Å²) in [5.74, 6) is 1.19. The van der Waals surface area contributed by atoms with Gasteiger partial charge in [-0.1, -0.05) is 38.1 Å². The summed E-state index contributed by atoms with van der Waals surface area (Å²) in [4.78, 5) is 16.5. The van der Waals surface area contributed by atoms with Crippen molar-refractivity contribution in [3.8, 4) is 11.3 Å². The third-order valence-corrected chi connectivity index (χ3v) is 4.73. The van der Waals surface area contributed by atoms with Crippen molar-refractivity contribution < 1.29 is 13.6 Å². The van der Waals surface area contributed by atoms with E-state index >= 15 is 0 Å². The summed E-state index contributed by atoms with van der Waals surface area (Å²) < 4.78 is 18.7. The maximum atomic E-state index is 13.0. The lowest BCUT2D eigenvalue weighted by atomic mass is 9.99. The van der Waals surface area contributed by atoms with Gasteiger partial charge in [0.1, 0.15) is 5.82 Å². The largest absolute Gasteiger partial charge is 0.441 e. The summed E-state index contributed by atoms with van der Waals surface area (Å²) in [6, 6.07) is 14.3. The number of carbonyl (C=O) groups is 1. The molecule has 2 aromatic carbocycles. The number of aromatic nitrogens is 1. The van der Waals surface area contributed by atoms with E-state index in [9.17, 15) is 9.18 Å². The van der Waals surface area contributed by atoms with Crippen LogP contribution in [0.3, 0.4) is 0 Å². The van der Waals surface area contributed by atoms with Crippen molar-refractivity contribution in [1.82, 2.24) is 10.3 Å². The first-order valence-electron chi connectivity index (χ1n) is 9.52. The fraction of sp³-hybridized carbons (Fsp3) is 0.304. The Morgan fingerprint density at radius 3 is 2.32 bits per heavy atom. The van der Waals surface area contributed by atoms with E-state index in [4.69, 9.17) is 4.42 Å². The van der Waals surface area contributed by atoms with Gasteiger partial charge in [-0.3, -0.25) is 4.79 Å². The number of oxazole rings is 1. The fourth-order valence-electron chi connectivity index (χ4n) is 2.96. The molecule has 4 nitrogen and oxygen atoms in total. The van der Waals surface area contributed by atoms with E-state index in [1.165, 1.54) is 17.7 Å². The fourth-order valence-corrected chi connectivity index (χ4v) is 2.96. The zero-order chi connectivity index (χ0) is 20.1. The molecule has 1 heterocycles. The van der Waals surface area contributed by atoms with E-state index in [-0.39, 0.29) is 24.2 Å². The van der Waals surface area contributed by atoms with Gasteiger partial charge in [-0.2, -0.15) is 0 Å². The molecule has 1 N–H and O–H groups in total. The molecule has 0 saturated carbocycles. The number of nitrogens with one attached hydrogen (secondary N) is 1. The Balaban J connectivity index is 1.52. The second-order valence-electron chi connectivity index (χ2n) is 7.24. The number of benzene rings is 2. The van der Waals surface area contributed by atoms with Gasteiger partial charge in [0.05, 0.1) is 12.2 Å². The lowest BCUT2D eigenvalue weighted by molar-refractivity contribution is -0.121. The number of halogens is 1. The highest BCUT2D eigenvalue weighted by Crippen LogP contribution is 2.22. The van der Waals surface area contributed by atoms with Crippen molar-refractivity contribution in [3.05, 3.63) is 77.6 Å². The molecule has 0 aliphatic rings. The van der Waals surface area contributed by atoms with E-state index in [0.29, 0.717) is 24.0 Å². The Kier molecular flexibility index (Phi) is 6.24. The summed E-state index contributed by atoms with van der Waals surface area (Å²) in [5.41, 5.74) is 3.11. The van der Waals surface area contributed by atoms with E-state index in [0.717, 1.165) is 11.1 Å². The molecule has 0 saturated heterocycles. The van der Waals surface area contributed by atoms with Crippen LogP contribution in [0.1, 0.15) is 56.2 Å². The molecule has 28 heavy (non-hydrogen) atoms. The predicted molar refractivity (Wildman–Crippen MR) is 107 cm³/mol. The molecule has 0 unspecified atom stereocenters. The summed E-state index contributed by atoms with van der Waals surface area (Å²) in [6.45, 7) is 6.29. The lowest BCUT2D eigenvalue weighted by Crippen LogP contribution is -2.26. The van der Waals surface area contributed by atoms with Gasteiger partial charge in [-0.15, -0.1) is 0 Å². The second-order valence-corrected chi connectivity index (χ2v) is 7.24. The van der Waals surface area contributed by atoms with Gasteiger partial charge >= 0.3 is 0 Å². The molecule has 1 atom stereocenters. The highest BCUT2D eigenvalue weighted by molar-refractivity contribution is 5.76. The van der Waals surface area contributed by atoms with E-state index in [1.807, 2.05) is 6.92 Å². The zero-order valence-electron chi connectivity index (χ0n) is 16.4. The van der Waals surface area contributed by atoms with Crippen LogP contribution in [0, 0.1) is 5.82 Å². The van der Waals surface area contributed by atoms with Gasteiger partial charge in [-0.05, 0) is 48.2 Å². The molecule has 0 aliphatic carbocycles. The van der Waals surface area contributed by atoms with Gasteiger partial charge in [0.15, 0.2) is 11.7 Å². The maximum Gasteiger partial charge on any atom is 0.220 e. The Morgan fingerprint density at radius 1 is 1.04 bits per heavy atom. The second kappa shape index (κ2) is 8.83. The predicted octanol–water partition coefficient (Wildman–Crippen LogP) is 5.41. The molecule has 0 spiro atoms. The molecule has 146 valence electrons. The Labute approximate surface area is 164 Å². The van der Waals surface area contributed by atoms with Crippen molar-refractivity contribution in [2.45, 2.75) is 45.6 Å². The number of hydrogen-bond acceptors (Lipinski definition) is 3. The highest BCUT2D eigenvalue weighted by atomic mass is 19.1. The normalized spacial score (nSPS) is 12.2. The standard InChI is InChI=1S/C23H25FN2O2/c1-15(2)17-4-6-18(7-5-17)16(3)26-22(27)12-13-23-25-14-21(28-23)19-8-10-20(24)11-9-19/h4-11,14-16H,12-13H2,1-3H3,(H,26,27)/t16-/m1/s1. The molecule has 5 heteroatoms. The third-order valence-electron chi connectivity index (χ3n) is 4.73. The molecule has 0 bridgehead atoms. The molecule has 3 aromatic rings. The monoisotopic (exact) mass is 380 g/mol. The first-order chi connectivity index (χ1) is 13.4. The van der Waals surface area contributed by atoms with E-state index in [1.54, 1.807) is 18.3 Å². The first-order valence-corrected chi connectivity index (χ1v) is 9.52. The minimum atomic E-state index is -0.298. The number of nitrogens with zero attached hydrogens (tertiary/aromatic N) is 1. The van der Waals surface area contributed by atoms with Crippen LogP contribution in [0.2, 0.25) is 0 Å². The van der Waals surface area contributed by atoms with Crippen molar-refractivity contribution >= 4 is 5.91 Å². The molecular weight excluding hydrogens is 355 g/mol. The van der Waals surface area contributed by atoms with Crippen molar-refractivity contribution in [1.29, 1.82) is 0 Å². The minimum absolute atomic E-state index is 0.0537. The van der Waals surface area contributed by atoms with Gasteiger partial charge < -0.3 is 9.73 Å². The van der Waals surface area contributed by atoms with Gasteiger partial charge in [0, 0.05) is 18.4 Å². The van der Waals surface area contributed by atoms with E-state index in [2.05, 4.69) is 48.4 Å². The van der Waals surface area contributed by atoms with Crippen LogP contribution in [0.15, 0.2) is 59.1 Å². The van der Waals surface area contributed by atoms with E-state index < -0.39 is 0 Å². The van der Waals surface area contributed by atoms with Crippen LogP contribution in [0.25, 0.3) is 11.3 Å². The Bertz CT molecular complexity index is 915. The minimum Gasteiger partial charge on any atom is -0.441 e. The summed E-state index contributed by atoms with van der Waals surface area (Å²) in [6.07, 6.45) is 2.29. The van der Waals surface area contributed by atoms with Crippen molar-refractivity contribution in [2.24, 2.45) is 0 Å². The number of aryl methyl sites for hydroxylation is 1. The van der Waals surface area contributed by atoms with Crippen LogP contribution in [0.5, 0.6) is 0 Å². The topological polar surface area (TPSA) is 55.1 Å². The summed E-state index contributed by atoms with van der Waals surface area (Å²) >= 11 is 0. The number of carbonyl (C=O) groups excluding carboxylic acids is 1. The molecule has 1 aromatic heterocycles. The highest BCUT2D eigenvalue weighted by Gasteiger charge is 2.12. The van der Waals surface area contributed by atoms with Crippen LogP contribution in [-0.4, -0.2) is 10.9 Å². The SMILES string of the molecule is CC(C)c1ccc([C@@H](C)NC(=O)CCc2ncc(-c3ccc(F)cc3)o2)cc1. The van der Waals surface area contributed by atoms with Gasteiger partial charge in [0.25, 0.3) is 0 Å². The molecule has 3 rings (SSSR count). The average molecular weight is 380 g/mol. The van der Waals surface area contributed by atoms with Gasteiger partial charge in [-0.25, -0.2) is 9.37 Å². The maximum absolute atomic E-state index is 13.0. The van der Waals surface area contributed by atoms with Crippen molar-refractivity contribution in [2.75, 3.05) is 0 Å². The Morgan fingerprint density at radius 2 is 1.68 bits per heavy atom. The zero-order valence-corrected chi connectivity index (χ0v) is 16.4. The number of hydrogen-bond donors (Lipinski definition) is 1. The average Bonchev–Trinajstić information content (AvgIpc) is 3.16. The number of rotatable bonds is 7. The smallest absolute Gasteiger partial charge is 0.220 e. The van der Waals surface area contributed by atoms with Crippen molar-refractivity contribution in [3.63, 3.8) is 0 Å². The summed E-state index contributed by atoms with van der Waals surface area (Å²) in [7, 11) is 0. The molecule has 0 aliphatic heterocycles. The first kappa shape index (κ1) is 19.8. The quantitative estimate of drug-likeness (QED) is 0.596. The molecule has 0 radical (unpaired) electrons. The number of amides is 1. The molecule has 1 amide bonds. The van der Waals surface area contributed by atoms with Crippen LogP contribution < -0.4 is 5.32 Å². The summed E-state index contributed by atoms with van der Waals surface area (Å²) in [5, 5.41) is 3.01. The Hall–Kier alpha value is -2.95. The molecule has 0 fully saturated rings. The third kappa shape index (κ3) is 5.06. The van der Waals surface area contributed by atoms with Crippen LogP contribution >= 0.6 is 0 Å². The van der Waals surface area contributed by atoms with Crippen LogP contribution in [-0.2, 0) is 11.2 Å².